The summed E-state index contributed by atoms with van der Waals surface area (Å²) in [5, 5.41) is 12.7. The van der Waals surface area contributed by atoms with Crippen LogP contribution in [0.25, 0.3) is 5.00 Å². The molecule has 3 aromatic rings. The maximum absolute atomic E-state index is 12.5. The van der Waals surface area contributed by atoms with Gasteiger partial charge in [-0.25, -0.2) is 8.78 Å². The molecule has 0 bridgehead atoms. The van der Waals surface area contributed by atoms with Gasteiger partial charge >= 0.3 is 0 Å². The van der Waals surface area contributed by atoms with Crippen molar-refractivity contribution in [3.63, 3.8) is 0 Å². The molecule has 0 radical (unpaired) electrons. The number of aryl methyl sites for hydroxylation is 2. The van der Waals surface area contributed by atoms with E-state index in [1.807, 2.05) is 30.5 Å². The maximum atomic E-state index is 12.5. The molecule has 32 heavy (non-hydrogen) atoms. The zero-order valence-electron chi connectivity index (χ0n) is 17.8. The van der Waals surface area contributed by atoms with E-state index >= 15 is 0 Å². The van der Waals surface area contributed by atoms with E-state index < -0.39 is 12.5 Å². The molecule has 1 aromatic carbocycles. The lowest BCUT2D eigenvalue weighted by atomic mass is 9.99. The lowest BCUT2D eigenvalue weighted by Gasteiger charge is -2.13. The Morgan fingerprint density at radius 3 is 2.62 bits per heavy atom. The Kier molecular flexibility index (Phi) is 6.39. The van der Waals surface area contributed by atoms with Crippen LogP contribution in [0.3, 0.4) is 0 Å². The van der Waals surface area contributed by atoms with Crippen LogP contribution in [0.5, 0.6) is 0 Å². The standard InChI is InChI=1S/C22H22ClF2N5OS/c1-11-12(2)32-22-19(11)20(14-4-6-15(23)7-5-14)27-16(21-29-28-13(3)30(21)22)10-18(31)26-9-8-17(24)25/h4-7,16-17H,8-10H2,1-3H3,(H,26,31)/t16-/m0/s1. The van der Waals surface area contributed by atoms with Gasteiger partial charge in [0.05, 0.1) is 12.1 Å². The fraction of sp³-hybridized carbons (Fsp3) is 0.364. The highest BCUT2D eigenvalue weighted by molar-refractivity contribution is 7.15. The number of fused-ring (bicyclic) bond motifs is 3. The van der Waals surface area contributed by atoms with E-state index in [2.05, 4.69) is 22.4 Å². The molecule has 6 nitrogen and oxygen atoms in total. The van der Waals surface area contributed by atoms with Crippen LogP contribution in [0.2, 0.25) is 5.02 Å². The molecular formula is C22H22ClF2N5OS. The van der Waals surface area contributed by atoms with Crippen molar-refractivity contribution in [1.29, 1.82) is 0 Å². The van der Waals surface area contributed by atoms with Gasteiger partial charge in [0.2, 0.25) is 12.3 Å². The van der Waals surface area contributed by atoms with Crippen LogP contribution < -0.4 is 5.32 Å². The third kappa shape index (κ3) is 4.31. The Hall–Kier alpha value is -2.65. The quantitative estimate of drug-likeness (QED) is 0.545. The minimum Gasteiger partial charge on any atom is -0.356 e. The topological polar surface area (TPSA) is 72.2 Å². The van der Waals surface area contributed by atoms with Gasteiger partial charge in [-0.3, -0.25) is 14.4 Å². The van der Waals surface area contributed by atoms with Gasteiger partial charge in [0.15, 0.2) is 5.82 Å². The minimum absolute atomic E-state index is 0.0224. The summed E-state index contributed by atoms with van der Waals surface area (Å²) in [6.07, 6.45) is -2.87. The normalized spacial score (nSPS) is 15.2. The lowest BCUT2D eigenvalue weighted by molar-refractivity contribution is -0.121. The summed E-state index contributed by atoms with van der Waals surface area (Å²) in [6.45, 7) is 5.88. The minimum atomic E-state index is -2.46. The second-order valence-corrected chi connectivity index (χ2v) is 9.28. The number of alkyl halides is 2. The van der Waals surface area contributed by atoms with E-state index in [4.69, 9.17) is 16.6 Å². The summed E-state index contributed by atoms with van der Waals surface area (Å²) in [7, 11) is 0. The van der Waals surface area contributed by atoms with Crippen LogP contribution in [-0.4, -0.2) is 39.4 Å². The SMILES string of the molecule is Cc1sc2c(c1C)C(c1ccc(Cl)cc1)=N[C@@H](CC(=O)NCCC(F)F)c1nnc(C)n1-2. The number of thiophene rings is 1. The van der Waals surface area contributed by atoms with E-state index in [0.717, 1.165) is 32.3 Å². The summed E-state index contributed by atoms with van der Waals surface area (Å²) < 4.78 is 26.8. The van der Waals surface area contributed by atoms with E-state index in [0.29, 0.717) is 16.7 Å². The number of rotatable bonds is 6. The maximum Gasteiger partial charge on any atom is 0.240 e. The number of hydrogen-bond acceptors (Lipinski definition) is 5. The third-order valence-electron chi connectivity index (χ3n) is 5.42. The van der Waals surface area contributed by atoms with E-state index in [1.54, 1.807) is 23.5 Å². The average molecular weight is 478 g/mol. The van der Waals surface area contributed by atoms with Crippen molar-refractivity contribution in [2.24, 2.45) is 4.99 Å². The van der Waals surface area contributed by atoms with Crippen molar-refractivity contribution in [2.45, 2.75) is 46.1 Å². The number of benzene rings is 1. The molecule has 0 fully saturated rings. The first kappa shape index (κ1) is 22.5. The number of aromatic nitrogens is 3. The number of amides is 1. The molecule has 0 saturated carbocycles. The molecule has 2 aromatic heterocycles. The van der Waals surface area contributed by atoms with E-state index in [-0.39, 0.29) is 25.3 Å². The van der Waals surface area contributed by atoms with Crippen LogP contribution in [0.1, 0.15) is 52.1 Å². The molecular weight excluding hydrogens is 456 g/mol. The second-order valence-electron chi connectivity index (χ2n) is 7.64. The Labute approximate surface area is 193 Å². The Balaban J connectivity index is 1.81. The summed E-state index contributed by atoms with van der Waals surface area (Å²) in [5.74, 6) is 0.886. The zero-order chi connectivity index (χ0) is 23.0. The number of halogens is 3. The number of aliphatic imine (C=N–C) groups is 1. The largest absolute Gasteiger partial charge is 0.356 e. The molecule has 0 spiro atoms. The first-order valence-corrected chi connectivity index (χ1v) is 11.4. The van der Waals surface area contributed by atoms with Crippen molar-refractivity contribution < 1.29 is 13.6 Å². The molecule has 4 rings (SSSR count). The van der Waals surface area contributed by atoms with Crippen LogP contribution >= 0.6 is 22.9 Å². The predicted octanol–water partition coefficient (Wildman–Crippen LogP) is 4.96. The number of carbonyl (C=O) groups is 1. The van der Waals surface area contributed by atoms with E-state index in [9.17, 15) is 13.6 Å². The molecule has 1 amide bonds. The molecule has 1 aliphatic heterocycles. The van der Waals surface area contributed by atoms with Crippen molar-refractivity contribution >= 4 is 34.6 Å². The first-order valence-electron chi connectivity index (χ1n) is 10.2. The highest BCUT2D eigenvalue weighted by atomic mass is 35.5. The number of nitrogens with one attached hydrogen (secondary N) is 1. The predicted molar refractivity (Wildman–Crippen MR) is 122 cm³/mol. The first-order chi connectivity index (χ1) is 15.3. The summed E-state index contributed by atoms with van der Waals surface area (Å²) in [5.41, 5.74) is 3.68. The summed E-state index contributed by atoms with van der Waals surface area (Å²) in [6, 6.07) is 6.78. The number of nitrogens with zero attached hydrogens (tertiary/aromatic N) is 4. The Morgan fingerprint density at radius 1 is 1.22 bits per heavy atom. The van der Waals surface area contributed by atoms with Gasteiger partial charge in [-0.05, 0) is 38.5 Å². The number of carbonyl (C=O) groups excluding carboxylic acids is 1. The smallest absolute Gasteiger partial charge is 0.240 e. The van der Waals surface area contributed by atoms with Crippen molar-refractivity contribution in [3.8, 4) is 5.00 Å². The molecule has 0 aliphatic carbocycles. The summed E-state index contributed by atoms with van der Waals surface area (Å²) >= 11 is 7.72. The van der Waals surface area contributed by atoms with Crippen LogP contribution in [0.4, 0.5) is 8.78 Å². The van der Waals surface area contributed by atoms with Crippen molar-refractivity contribution in [3.05, 3.63) is 62.5 Å². The van der Waals surface area contributed by atoms with E-state index in [1.165, 1.54) is 0 Å². The van der Waals surface area contributed by atoms with Crippen LogP contribution in [0.15, 0.2) is 29.3 Å². The van der Waals surface area contributed by atoms with Gasteiger partial charge in [0.25, 0.3) is 0 Å². The molecule has 1 atom stereocenters. The van der Waals surface area contributed by atoms with Gasteiger partial charge in [-0.2, -0.15) is 0 Å². The highest BCUT2D eigenvalue weighted by Gasteiger charge is 2.32. The zero-order valence-corrected chi connectivity index (χ0v) is 19.4. The molecule has 1 N–H and O–H groups in total. The van der Waals surface area contributed by atoms with Gasteiger partial charge < -0.3 is 5.32 Å². The van der Waals surface area contributed by atoms with Crippen LogP contribution in [0, 0.1) is 20.8 Å². The Bertz CT molecular complexity index is 1190. The van der Waals surface area contributed by atoms with Crippen molar-refractivity contribution in [2.75, 3.05) is 6.54 Å². The monoisotopic (exact) mass is 477 g/mol. The third-order valence-corrected chi connectivity index (χ3v) is 6.87. The molecule has 168 valence electrons. The average Bonchev–Trinajstić information content (AvgIpc) is 3.21. The molecule has 0 unspecified atom stereocenters. The van der Waals surface area contributed by atoms with Gasteiger partial charge in [0, 0.05) is 34.0 Å². The van der Waals surface area contributed by atoms with Gasteiger partial charge in [0.1, 0.15) is 16.9 Å². The number of hydrogen-bond donors (Lipinski definition) is 1. The molecule has 1 aliphatic rings. The lowest BCUT2D eigenvalue weighted by Crippen LogP contribution is -2.27. The summed E-state index contributed by atoms with van der Waals surface area (Å²) in [4.78, 5) is 18.7. The van der Waals surface area contributed by atoms with Crippen LogP contribution in [-0.2, 0) is 4.79 Å². The van der Waals surface area contributed by atoms with Gasteiger partial charge in [-0.15, -0.1) is 21.5 Å². The fourth-order valence-electron chi connectivity index (χ4n) is 3.70. The van der Waals surface area contributed by atoms with Gasteiger partial charge in [-0.1, -0.05) is 23.7 Å². The van der Waals surface area contributed by atoms with Crippen molar-refractivity contribution in [1.82, 2.24) is 20.1 Å². The molecule has 3 heterocycles. The Morgan fingerprint density at radius 2 is 1.94 bits per heavy atom. The molecule has 0 saturated heterocycles. The second kappa shape index (κ2) is 9.07. The highest BCUT2D eigenvalue weighted by Crippen LogP contribution is 2.39. The fourth-order valence-corrected chi connectivity index (χ4v) is 5.04. The molecule has 10 heteroatoms.